The van der Waals surface area contributed by atoms with Crippen molar-refractivity contribution in [1.29, 1.82) is 5.26 Å². The number of carbonyl (C=O) groups excluding carboxylic acids is 1. The van der Waals surface area contributed by atoms with Gasteiger partial charge in [-0.25, -0.2) is 0 Å². The lowest BCUT2D eigenvalue weighted by atomic mass is 10.0. The number of alkyl halides is 3. The molecule has 0 heterocycles. The number of nitriles is 1. The average Bonchev–Trinajstić information content (AvgIpc) is 2.95. The molecular formula is C33H43F3N2O3. The third kappa shape index (κ3) is 13.2. The summed E-state index contributed by atoms with van der Waals surface area (Å²) in [6, 6.07) is 11.8. The third-order valence-corrected chi connectivity index (χ3v) is 6.94. The molecule has 0 unspecified atom stereocenters. The molecule has 2 N–H and O–H groups in total. The minimum absolute atomic E-state index is 0.0656. The van der Waals surface area contributed by atoms with Crippen molar-refractivity contribution in [1.82, 2.24) is 0 Å². The number of carbonyl (C=O) groups is 1. The quantitative estimate of drug-likeness (QED) is 0.0759. The van der Waals surface area contributed by atoms with E-state index in [0.29, 0.717) is 12.4 Å². The van der Waals surface area contributed by atoms with Crippen molar-refractivity contribution in [2.45, 2.75) is 103 Å². The Bertz CT molecular complexity index is 1100. The zero-order valence-corrected chi connectivity index (χ0v) is 24.1. The molecule has 2 aromatic carbocycles. The van der Waals surface area contributed by atoms with Crippen LogP contribution in [0.15, 0.2) is 54.1 Å². The Hall–Kier alpha value is -3.47. The minimum atomic E-state index is -4.50. The van der Waals surface area contributed by atoms with Gasteiger partial charge < -0.3 is 15.2 Å². The molecule has 0 aliphatic carbocycles. The summed E-state index contributed by atoms with van der Waals surface area (Å²) in [5.41, 5.74) is -1.11. The van der Waals surface area contributed by atoms with E-state index in [2.05, 4.69) is 12.2 Å². The summed E-state index contributed by atoms with van der Waals surface area (Å²) < 4.78 is 43.9. The molecule has 5 nitrogen and oxygen atoms in total. The molecule has 0 atom stereocenters. The van der Waals surface area contributed by atoms with Gasteiger partial charge in [-0.05, 0) is 55.0 Å². The van der Waals surface area contributed by atoms with E-state index in [0.717, 1.165) is 37.1 Å². The summed E-state index contributed by atoms with van der Waals surface area (Å²) in [5.74, 6) is -0.845. The van der Waals surface area contributed by atoms with Crippen LogP contribution in [0, 0.1) is 11.3 Å². The Balaban J connectivity index is 1.67. The van der Waals surface area contributed by atoms with Crippen LogP contribution in [0.25, 0.3) is 5.76 Å². The maximum atomic E-state index is 12.7. The zero-order valence-electron chi connectivity index (χ0n) is 24.1. The highest BCUT2D eigenvalue weighted by Gasteiger charge is 2.30. The third-order valence-electron chi connectivity index (χ3n) is 6.94. The molecule has 224 valence electrons. The zero-order chi connectivity index (χ0) is 29.9. The molecule has 8 heteroatoms. The SMILES string of the molecule is CCCCCCCCCCCCCCCCOc1ccc(/C(O)=C(\C#N)C(=O)Nc2ccc(C(F)(F)F)cc2)cc1. The maximum absolute atomic E-state index is 12.7. The monoisotopic (exact) mass is 572 g/mol. The molecule has 0 fully saturated rings. The lowest BCUT2D eigenvalue weighted by Gasteiger charge is -2.10. The lowest BCUT2D eigenvalue weighted by molar-refractivity contribution is -0.137. The van der Waals surface area contributed by atoms with Gasteiger partial charge >= 0.3 is 6.18 Å². The second kappa shape index (κ2) is 18.8. The van der Waals surface area contributed by atoms with Crippen molar-refractivity contribution < 1.29 is 27.8 Å². The number of benzene rings is 2. The van der Waals surface area contributed by atoms with E-state index in [4.69, 9.17) is 4.74 Å². The highest BCUT2D eigenvalue weighted by molar-refractivity contribution is 6.10. The van der Waals surface area contributed by atoms with E-state index in [1.165, 1.54) is 77.0 Å². The fourth-order valence-corrected chi connectivity index (χ4v) is 4.49. The van der Waals surface area contributed by atoms with Crippen LogP contribution < -0.4 is 10.1 Å². The van der Waals surface area contributed by atoms with E-state index in [1.54, 1.807) is 30.3 Å². The number of halogens is 3. The standard InChI is InChI=1S/C33H43F3N2O3/c1-2-3-4-5-6-7-8-9-10-11-12-13-14-15-24-41-29-22-16-26(17-23-29)31(39)30(25-37)32(40)38-28-20-18-27(19-21-28)33(34,35)36/h16-23,39H,2-15,24H2,1H3,(H,38,40)/b31-30-. The largest absolute Gasteiger partial charge is 0.506 e. The van der Waals surface area contributed by atoms with Crippen LogP contribution in [0.4, 0.5) is 18.9 Å². The summed E-state index contributed by atoms with van der Waals surface area (Å²) in [4.78, 5) is 12.5. The van der Waals surface area contributed by atoms with Gasteiger partial charge in [0.25, 0.3) is 5.91 Å². The number of anilines is 1. The fourth-order valence-electron chi connectivity index (χ4n) is 4.49. The topological polar surface area (TPSA) is 82.3 Å². The molecule has 0 radical (unpaired) electrons. The number of aliphatic hydroxyl groups excluding tert-OH is 1. The highest BCUT2D eigenvalue weighted by atomic mass is 19.4. The molecule has 0 spiro atoms. The van der Waals surface area contributed by atoms with E-state index < -0.39 is 29.0 Å². The molecule has 0 saturated carbocycles. The van der Waals surface area contributed by atoms with E-state index in [1.807, 2.05) is 0 Å². The van der Waals surface area contributed by atoms with Crippen molar-refractivity contribution in [3.05, 3.63) is 65.2 Å². The average molecular weight is 573 g/mol. The Kier molecular flexibility index (Phi) is 15.5. The second-order valence-corrected chi connectivity index (χ2v) is 10.3. The van der Waals surface area contributed by atoms with Crippen molar-refractivity contribution in [2.75, 3.05) is 11.9 Å². The predicted molar refractivity (Wildman–Crippen MR) is 157 cm³/mol. The maximum Gasteiger partial charge on any atom is 0.416 e. The molecule has 0 aliphatic heterocycles. The first-order chi connectivity index (χ1) is 19.8. The van der Waals surface area contributed by atoms with Crippen LogP contribution in [0.2, 0.25) is 0 Å². The van der Waals surface area contributed by atoms with Crippen LogP contribution >= 0.6 is 0 Å². The predicted octanol–water partition coefficient (Wildman–Crippen LogP) is 10.00. The first-order valence-electron chi connectivity index (χ1n) is 14.8. The highest BCUT2D eigenvalue weighted by Crippen LogP contribution is 2.30. The Morgan fingerprint density at radius 3 is 1.76 bits per heavy atom. The van der Waals surface area contributed by atoms with Crippen LogP contribution in [0.5, 0.6) is 5.75 Å². The van der Waals surface area contributed by atoms with Crippen LogP contribution in [0.3, 0.4) is 0 Å². The van der Waals surface area contributed by atoms with Crippen LogP contribution in [0.1, 0.15) is 108 Å². The molecular weight excluding hydrogens is 529 g/mol. The number of hydrogen-bond donors (Lipinski definition) is 2. The number of nitrogens with one attached hydrogen (secondary N) is 1. The summed E-state index contributed by atoms with van der Waals surface area (Å²) in [5, 5.41) is 22.2. The van der Waals surface area contributed by atoms with Crippen molar-refractivity contribution in [3.8, 4) is 11.8 Å². The summed E-state index contributed by atoms with van der Waals surface area (Å²) in [6.45, 7) is 2.83. The Morgan fingerprint density at radius 2 is 1.29 bits per heavy atom. The van der Waals surface area contributed by atoms with E-state index >= 15 is 0 Å². The van der Waals surface area contributed by atoms with E-state index in [9.17, 15) is 28.3 Å². The van der Waals surface area contributed by atoms with Gasteiger partial charge in [0.05, 0.1) is 12.2 Å². The molecule has 0 bridgehead atoms. The summed E-state index contributed by atoms with van der Waals surface area (Å²) in [6.07, 6.45) is 13.5. The molecule has 0 saturated heterocycles. The van der Waals surface area contributed by atoms with Crippen LogP contribution in [-0.4, -0.2) is 17.6 Å². The number of rotatable bonds is 19. The normalized spacial score (nSPS) is 12.0. The molecule has 2 aromatic rings. The summed E-state index contributed by atoms with van der Waals surface area (Å²) in [7, 11) is 0. The fraction of sp³-hybridized carbons (Fsp3) is 0.515. The first-order valence-corrected chi connectivity index (χ1v) is 14.8. The number of unbranched alkanes of at least 4 members (excludes halogenated alkanes) is 13. The number of amides is 1. The van der Waals surface area contributed by atoms with Crippen LogP contribution in [-0.2, 0) is 11.0 Å². The van der Waals surface area contributed by atoms with Crippen molar-refractivity contribution in [3.63, 3.8) is 0 Å². The molecule has 0 aromatic heterocycles. The van der Waals surface area contributed by atoms with Gasteiger partial charge in [-0.15, -0.1) is 0 Å². The minimum Gasteiger partial charge on any atom is -0.506 e. The first kappa shape index (κ1) is 33.7. The van der Waals surface area contributed by atoms with Gasteiger partial charge in [-0.1, -0.05) is 90.4 Å². The van der Waals surface area contributed by atoms with Gasteiger partial charge in [0.1, 0.15) is 17.6 Å². The number of ether oxygens (including phenoxy) is 1. The number of hydrogen-bond acceptors (Lipinski definition) is 4. The van der Waals surface area contributed by atoms with Gasteiger partial charge in [-0.2, -0.15) is 18.4 Å². The molecule has 1 amide bonds. The second-order valence-electron chi connectivity index (χ2n) is 10.3. The Labute approximate surface area is 242 Å². The Morgan fingerprint density at radius 1 is 0.805 bits per heavy atom. The van der Waals surface area contributed by atoms with Gasteiger partial charge in [-0.3, -0.25) is 4.79 Å². The number of nitrogens with zero attached hydrogens (tertiary/aromatic N) is 1. The smallest absolute Gasteiger partial charge is 0.416 e. The van der Waals surface area contributed by atoms with Crippen molar-refractivity contribution >= 4 is 17.4 Å². The number of aliphatic hydroxyl groups is 1. The summed E-state index contributed by atoms with van der Waals surface area (Å²) >= 11 is 0. The van der Waals surface area contributed by atoms with Gasteiger partial charge in [0.15, 0.2) is 5.57 Å². The van der Waals surface area contributed by atoms with Crippen molar-refractivity contribution in [2.24, 2.45) is 0 Å². The molecule has 0 aliphatic rings. The van der Waals surface area contributed by atoms with Gasteiger partial charge in [0.2, 0.25) is 0 Å². The molecule has 2 rings (SSSR count). The molecule has 41 heavy (non-hydrogen) atoms. The van der Waals surface area contributed by atoms with Gasteiger partial charge in [0, 0.05) is 11.3 Å². The lowest BCUT2D eigenvalue weighted by Crippen LogP contribution is -2.15. The van der Waals surface area contributed by atoms with E-state index in [-0.39, 0.29) is 11.3 Å².